The highest BCUT2D eigenvalue weighted by Gasteiger charge is 2.23. The number of alkyl halides is 1. The molecule has 3 aromatic rings. The molecule has 0 radical (unpaired) electrons. The summed E-state index contributed by atoms with van der Waals surface area (Å²) in [5.74, 6) is 0. The Balaban J connectivity index is 1.53. The van der Waals surface area contributed by atoms with Crippen molar-refractivity contribution in [3.8, 4) is 11.4 Å². The monoisotopic (exact) mass is 335 g/mol. The first-order chi connectivity index (χ1) is 12.2. The second kappa shape index (κ2) is 6.61. The highest BCUT2D eigenvalue weighted by molar-refractivity contribution is 5.59. The Labute approximate surface area is 146 Å². The van der Waals surface area contributed by atoms with Gasteiger partial charge in [-0.3, -0.25) is 14.6 Å². The Bertz CT molecular complexity index is 858. The van der Waals surface area contributed by atoms with Crippen LogP contribution in [0.3, 0.4) is 0 Å². The Kier molecular flexibility index (Phi) is 4.16. The molecule has 25 heavy (non-hydrogen) atoms. The zero-order chi connectivity index (χ0) is 17.2. The van der Waals surface area contributed by atoms with E-state index in [0.717, 1.165) is 48.7 Å². The van der Waals surface area contributed by atoms with E-state index in [-0.39, 0.29) is 0 Å². The van der Waals surface area contributed by atoms with Gasteiger partial charge in [-0.2, -0.15) is 5.10 Å². The third-order valence-electron chi connectivity index (χ3n) is 4.55. The van der Waals surface area contributed by atoms with E-state index in [1.807, 2.05) is 12.1 Å². The Hall–Kier alpha value is -2.78. The zero-order valence-corrected chi connectivity index (χ0v) is 14.0. The molecule has 0 fully saturated rings. The van der Waals surface area contributed by atoms with Crippen LogP contribution >= 0.6 is 0 Å². The Morgan fingerprint density at radius 1 is 1.20 bits per heavy atom. The number of nitrogens with zero attached hydrogens (tertiary/aromatic N) is 5. The summed E-state index contributed by atoms with van der Waals surface area (Å²) < 4.78 is 14.6. The van der Waals surface area contributed by atoms with Crippen LogP contribution < -0.4 is 0 Å². The summed E-state index contributed by atoms with van der Waals surface area (Å²) in [6.45, 7) is 4.95. The van der Waals surface area contributed by atoms with Gasteiger partial charge in [0.05, 0.1) is 29.8 Å². The minimum atomic E-state index is -0.520. The van der Waals surface area contributed by atoms with Crippen LogP contribution in [0.1, 0.15) is 22.5 Å². The zero-order valence-electron chi connectivity index (χ0n) is 14.0. The molecule has 0 bridgehead atoms. The lowest BCUT2D eigenvalue weighted by Gasteiger charge is -2.28. The van der Waals surface area contributed by atoms with Crippen LogP contribution in [0, 0.1) is 19.1 Å². The van der Waals surface area contributed by atoms with Crippen LogP contribution in [-0.2, 0) is 26.3 Å². The van der Waals surface area contributed by atoms with E-state index in [1.54, 1.807) is 18.5 Å². The number of hydrogen-bond donors (Lipinski definition) is 0. The predicted octanol–water partition coefficient (Wildman–Crippen LogP) is 2.73. The van der Waals surface area contributed by atoms with Gasteiger partial charge in [0, 0.05) is 37.5 Å². The van der Waals surface area contributed by atoms with Gasteiger partial charge in [-0.25, -0.2) is 9.37 Å². The van der Waals surface area contributed by atoms with Gasteiger partial charge in [0.1, 0.15) is 12.4 Å². The summed E-state index contributed by atoms with van der Waals surface area (Å²) in [5, 5.41) is 4.72. The molecule has 0 aliphatic carbocycles. The van der Waals surface area contributed by atoms with Gasteiger partial charge in [0.25, 0.3) is 0 Å². The third kappa shape index (κ3) is 3.11. The maximum Gasteiger partial charge on any atom is 0.131 e. The van der Waals surface area contributed by atoms with Gasteiger partial charge >= 0.3 is 0 Å². The van der Waals surface area contributed by atoms with E-state index < -0.39 is 6.67 Å². The topological polar surface area (TPSA) is 46.8 Å². The van der Waals surface area contributed by atoms with E-state index in [9.17, 15) is 4.39 Å². The molecule has 1 aliphatic rings. The molecule has 3 aromatic heterocycles. The summed E-state index contributed by atoms with van der Waals surface area (Å²) in [4.78, 5) is 10.8. The average molecular weight is 335 g/mol. The molecule has 0 saturated carbocycles. The van der Waals surface area contributed by atoms with Crippen molar-refractivity contribution >= 4 is 0 Å². The minimum absolute atomic E-state index is 0.477. The average Bonchev–Trinajstić information content (AvgIpc) is 2.99. The van der Waals surface area contributed by atoms with Crippen molar-refractivity contribution in [1.82, 2.24) is 24.6 Å². The van der Waals surface area contributed by atoms with Crippen molar-refractivity contribution in [1.29, 1.82) is 0 Å². The number of rotatable bonds is 4. The second-order valence-electron chi connectivity index (χ2n) is 6.22. The molecule has 0 aromatic carbocycles. The smallest absolute Gasteiger partial charge is 0.131 e. The van der Waals surface area contributed by atoms with E-state index >= 15 is 0 Å². The van der Waals surface area contributed by atoms with Crippen molar-refractivity contribution in [2.75, 3.05) is 6.54 Å². The van der Waals surface area contributed by atoms with Crippen molar-refractivity contribution in [2.45, 2.75) is 33.2 Å². The molecule has 0 N–H and O–H groups in total. The summed E-state index contributed by atoms with van der Waals surface area (Å²) in [6, 6.07) is 11.3. The van der Waals surface area contributed by atoms with E-state index in [4.69, 9.17) is 5.10 Å². The van der Waals surface area contributed by atoms with E-state index in [0.29, 0.717) is 5.69 Å². The van der Waals surface area contributed by atoms with Crippen molar-refractivity contribution in [3.63, 3.8) is 0 Å². The number of halogens is 1. The van der Waals surface area contributed by atoms with Gasteiger partial charge in [-0.05, 0) is 24.6 Å². The largest absolute Gasteiger partial charge is 0.291 e. The summed E-state index contributed by atoms with van der Waals surface area (Å²) in [5.41, 5.74) is 5.68. The maximum absolute atomic E-state index is 12.6. The summed E-state index contributed by atoms with van der Waals surface area (Å²) in [7, 11) is 0. The normalized spacial score (nSPS) is 14.2. The Morgan fingerprint density at radius 2 is 2.12 bits per heavy atom. The predicted molar refractivity (Wildman–Crippen MR) is 91.0 cm³/mol. The highest BCUT2D eigenvalue weighted by atomic mass is 19.1. The van der Waals surface area contributed by atoms with Crippen LogP contribution in [0.4, 0.5) is 4.39 Å². The van der Waals surface area contributed by atoms with Crippen molar-refractivity contribution in [2.24, 2.45) is 0 Å². The van der Waals surface area contributed by atoms with Crippen molar-refractivity contribution < 1.29 is 4.39 Å². The number of hydrogen-bond acceptors (Lipinski definition) is 4. The fourth-order valence-electron chi connectivity index (χ4n) is 3.18. The summed E-state index contributed by atoms with van der Waals surface area (Å²) in [6.07, 6.45) is 3.38. The van der Waals surface area contributed by atoms with Gasteiger partial charge in [-0.1, -0.05) is 12.1 Å². The molecule has 0 amide bonds. The quantitative estimate of drug-likeness (QED) is 0.735. The number of aromatic nitrogens is 4. The lowest BCUT2D eigenvalue weighted by atomic mass is 10.1. The first kappa shape index (κ1) is 15.7. The van der Waals surface area contributed by atoms with Crippen LogP contribution in [0.5, 0.6) is 0 Å². The Morgan fingerprint density at radius 3 is 2.84 bits per heavy atom. The summed E-state index contributed by atoms with van der Waals surface area (Å²) >= 11 is 0. The van der Waals surface area contributed by atoms with Gasteiger partial charge < -0.3 is 0 Å². The first-order valence-electron chi connectivity index (χ1n) is 8.27. The molecule has 1 aliphatic heterocycles. The molecule has 0 saturated heterocycles. The van der Waals surface area contributed by atoms with Gasteiger partial charge in [0.15, 0.2) is 0 Å². The molecule has 4 heterocycles. The van der Waals surface area contributed by atoms with Gasteiger partial charge in [-0.15, -0.1) is 0 Å². The van der Waals surface area contributed by atoms with Crippen molar-refractivity contribution in [3.05, 3.63) is 65.2 Å². The second-order valence-corrected chi connectivity index (χ2v) is 6.22. The maximum atomic E-state index is 12.6. The van der Waals surface area contributed by atoms with E-state index in [2.05, 4.69) is 38.6 Å². The molecular formula is C19H18FN5. The molecule has 4 rings (SSSR count). The first-order valence-corrected chi connectivity index (χ1v) is 8.27. The lowest BCUT2D eigenvalue weighted by Crippen LogP contribution is -2.33. The minimum Gasteiger partial charge on any atom is -0.291 e. The molecule has 5 nitrogen and oxygen atoms in total. The molecular weight excluding hydrogens is 317 g/mol. The fourth-order valence-corrected chi connectivity index (χ4v) is 3.18. The molecule has 0 atom stereocenters. The number of fused-ring (bicyclic) bond motifs is 1. The molecule has 6 heteroatoms. The SMILES string of the molecule is Cc1c(-c2cc#ccn2)nn2c1CN(Cc1ccc(CF)nc1)CC2. The van der Waals surface area contributed by atoms with Crippen LogP contribution in [0.15, 0.2) is 30.6 Å². The number of pyridine rings is 1. The fraction of sp³-hybridized carbons (Fsp3) is 0.316. The lowest BCUT2D eigenvalue weighted by molar-refractivity contribution is 0.204. The third-order valence-corrected chi connectivity index (χ3v) is 4.55. The van der Waals surface area contributed by atoms with Gasteiger partial charge in [0.2, 0.25) is 0 Å². The van der Waals surface area contributed by atoms with Crippen LogP contribution in [0.25, 0.3) is 11.4 Å². The molecule has 126 valence electrons. The molecule has 0 unspecified atom stereocenters. The highest BCUT2D eigenvalue weighted by Crippen LogP contribution is 2.26. The van der Waals surface area contributed by atoms with Crippen LogP contribution in [0.2, 0.25) is 0 Å². The molecule has 0 spiro atoms. The van der Waals surface area contributed by atoms with E-state index in [1.165, 1.54) is 5.69 Å². The van der Waals surface area contributed by atoms with Crippen LogP contribution in [-0.4, -0.2) is 31.2 Å². The standard InChI is InChI=1S/C19H18FN5/c1-14-18-13-24(12-15-5-6-16(10-20)22-11-15)8-9-25(18)23-19(14)17-4-2-3-7-21-17/h4-7,11H,8-10,12-13H2,1H3.